The molecule has 0 amide bonds. The van der Waals surface area contributed by atoms with Crippen molar-refractivity contribution in [3.63, 3.8) is 0 Å². The number of para-hydroxylation sites is 2. The van der Waals surface area contributed by atoms with Crippen LogP contribution in [0.15, 0.2) is 51.4 Å². The van der Waals surface area contributed by atoms with Gasteiger partial charge in [-0.2, -0.15) is 0 Å². The van der Waals surface area contributed by atoms with Gasteiger partial charge in [-0.3, -0.25) is 10.1 Å². The fourth-order valence-corrected chi connectivity index (χ4v) is 3.18. The SMILES string of the molecule is CC(Nc1c(Br)cccc1Br)c1ccccc1[N+](=O)[O-]. The van der Waals surface area contributed by atoms with Crippen LogP contribution < -0.4 is 5.32 Å². The third kappa shape index (κ3) is 3.19. The van der Waals surface area contributed by atoms with E-state index in [0.29, 0.717) is 5.56 Å². The highest BCUT2D eigenvalue weighted by atomic mass is 79.9. The number of nitro groups is 1. The Morgan fingerprint density at radius 3 is 2.30 bits per heavy atom. The quantitative estimate of drug-likeness (QED) is 0.561. The zero-order valence-electron chi connectivity index (χ0n) is 10.6. The fraction of sp³-hybridized carbons (Fsp3) is 0.143. The third-order valence-corrected chi connectivity index (χ3v) is 4.25. The summed E-state index contributed by atoms with van der Waals surface area (Å²) in [5, 5.41) is 14.4. The molecule has 0 aromatic heterocycles. The largest absolute Gasteiger partial charge is 0.376 e. The van der Waals surface area contributed by atoms with E-state index in [2.05, 4.69) is 37.2 Å². The van der Waals surface area contributed by atoms with E-state index in [0.717, 1.165) is 14.6 Å². The minimum atomic E-state index is -0.359. The molecule has 0 aliphatic heterocycles. The summed E-state index contributed by atoms with van der Waals surface area (Å²) in [6.45, 7) is 1.90. The van der Waals surface area contributed by atoms with Gasteiger partial charge in [0.05, 0.1) is 22.2 Å². The van der Waals surface area contributed by atoms with Gasteiger partial charge >= 0.3 is 0 Å². The Hall–Kier alpha value is -1.40. The van der Waals surface area contributed by atoms with Gasteiger partial charge in [0, 0.05) is 15.0 Å². The Morgan fingerprint density at radius 1 is 1.10 bits per heavy atom. The molecule has 0 bridgehead atoms. The van der Waals surface area contributed by atoms with Crippen LogP contribution in [0.3, 0.4) is 0 Å². The first-order valence-corrected chi connectivity index (χ1v) is 7.53. The van der Waals surface area contributed by atoms with E-state index in [4.69, 9.17) is 0 Å². The number of hydrogen-bond donors (Lipinski definition) is 1. The first kappa shape index (κ1) is 15.0. The normalized spacial score (nSPS) is 11.9. The van der Waals surface area contributed by atoms with E-state index in [-0.39, 0.29) is 16.7 Å². The number of nitrogens with zero attached hydrogens (tertiary/aromatic N) is 1. The molecule has 0 radical (unpaired) electrons. The zero-order chi connectivity index (χ0) is 14.7. The van der Waals surface area contributed by atoms with Crippen LogP contribution in [0, 0.1) is 10.1 Å². The first-order chi connectivity index (χ1) is 9.50. The van der Waals surface area contributed by atoms with Crippen LogP contribution in [0.25, 0.3) is 0 Å². The highest BCUT2D eigenvalue weighted by molar-refractivity contribution is 9.11. The third-order valence-electron chi connectivity index (χ3n) is 2.92. The number of nitrogens with one attached hydrogen (secondary N) is 1. The summed E-state index contributed by atoms with van der Waals surface area (Å²) in [4.78, 5) is 10.7. The molecule has 1 unspecified atom stereocenters. The predicted molar refractivity (Wildman–Crippen MR) is 87.0 cm³/mol. The molecule has 0 saturated carbocycles. The maximum atomic E-state index is 11.1. The summed E-state index contributed by atoms with van der Waals surface area (Å²) in [7, 11) is 0. The van der Waals surface area contributed by atoms with E-state index in [9.17, 15) is 10.1 Å². The lowest BCUT2D eigenvalue weighted by Gasteiger charge is -2.18. The monoisotopic (exact) mass is 398 g/mol. The molecular formula is C14H12Br2N2O2. The second-order valence-corrected chi connectivity index (χ2v) is 5.99. The van der Waals surface area contributed by atoms with Gasteiger partial charge in [-0.25, -0.2) is 0 Å². The minimum Gasteiger partial charge on any atom is -0.376 e. The summed E-state index contributed by atoms with van der Waals surface area (Å²) in [5.41, 5.74) is 1.65. The number of hydrogen-bond acceptors (Lipinski definition) is 3. The molecular weight excluding hydrogens is 388 g/mol. The molecule has 1 atom stereocenters. The standard InChI is InChI=1S/C14H12Br2N2O2/c1-9(10-5-2-3-8-13(10)18(19)20)17-14-11(15)6-4-7-12(14)16/h2-9,17H,1H3. The van der Waals surface area contributed by atoms with Crippen molar-refractivity contribution in [2.45, 2.75) is 13.0 Å². The zero-order valence-corrected chi connectivity index (χ0v) is 13.8. The second kappa shape index (κ2) is 6.37. The Kier molecular flexibility index (Phi) is 4.77. The lowest BCUT2D eigenvalue weighted by Crippen LogP contribution is -2.09. The van der Waals surface area contributed by atoms with Gasteiger partial charge in [0.1, 0.15) is 0 Å². The average molecular weight is 400 g/mol. The highest BCUT2D eigenvalue weighted by Gasteiger charge is 2.19. The van der Waals surface area contributed by atoms with Gasteiger partial charge < -0.3 is 5.32 Å². The molecule has 2 rings (SSSR count). The number of halogens is 2. The Bertz CT molecular complexity index is 627. The number of rotatable bonds is 4. The molecule has 1 N–H and O–H groups in total. The van der Waals surface area contributed by atoms with Crippen molar-refractivity contribution in [3.8, 4) is 0 Å². The Labute approximate surface area is 133 Å². The molecule has 0 aliphatic rings. The summed E-state index contributed by atoms with van der Waals surface area (Å²) in [6.07, 6.45) is 0. The predicted octanol–water partition coefficient (Wildman–Crippen LogP) is 5.29. The van der Waals surface area contributed by atoms with Gasteiger partial charge in [-0.15, -0.1) is 0 Å². The van der Waals surface area contributed by atoms with Crippen molar-refractivity contribution >= 4 is 43.2 Å². The molecule has 0 saturated heterocycles. The van der Waals surface area contributed by atoms with Crippen LogP contribution in [-0.4, -0.2) is 4.92 Å². The van der Waals surface area contributed by atoms with Crippen LogP contribution in [0.1, 0.15) is 18.5 Å². The summed E-state index contributed by atoms with van der Waals surface area (Å²) in [6, 6.07) is 12.3. The molecule has 4 nitrogen and oxygen atoms in total. The first-order valence-electron chi connectivity index (χ1n) is 5.94. The maximum Gasteiger partial charge on any atom is 0.274 e. The number of nitro benzene ring substituents is 1. The van der Waals surface area contributed by atoms with Crippen LogP contribution in [0.5, 0.6) is 0 Å². The van der Waals surface area contributed by atoms with E-state index < -0.39 is 0 Å². The maximum absolute atomic E-state index is 11.1. The highest BCUT2D eigenvalue weighted by Crippen LogP contribution is 2.35. The summed E-state index contributed by atoms with van der Waals surface area (Å²) < 4.78 is 1.80. The molecule has 20 heavy (non-hydrogen) atoms. The molecule has 0 fully saturated rings. The van der Waals surface area contributed by atoms with Gasteiger partial charge in [0.25, 0.3) is 5.69 Å². The van der Waals surface area contributed by atoms with E-state index in [1.54, 1.807) is 18.2 Å². The van der Waals surface area contributed by atoms with Crippen LogP contribution in [0.2, 0.25) is 0 Å². The molecule has 6 heteroatoms. The number of anilines is 1. The van der Waals surface area contributed by atoms with Crippen molar-refractivity contribution < 1.29 is 4.92 Å². The van der Waals surface area contributed by atoms with E-state index in [1.807, 2.05) is 25.1 Å². The van der Waals surface area contributed by atoms with Gasteiger partial charge in [-0.05, 0) is 50.9 Å². The van der Waals surface area contributed by atoms with Gasteiger partial charge in [0.2, 0.25) is 0 Å². The van der Waals surface area contributed by atoms with Crippen LogP contribution >= 0.6 is 31.9 Å². The molecule has 104 valence electrons. The minimum absolute atomic E-state index is 0.121. The Morgan fingerprint density at radius 2 is 1.70 bits per heavy atom. The second-order valence-electron chi connectivity index (χ2n) is 4.28. The summed E-state index contributed by atoms with van der Waals surface area (Å²) in [5.74, 6) is 0. The Balaban J connectivity index is 2.34. The van der Waals surface area contributed by atoms with E-state index in [1.165, 1.54) is 6.07 Å². The van der Waals surface area contributed by atoms with Crippen LogP contribution in [0.4, 0.5) is 11.4 Å². The topological polar surface area (TPSA) is 55.2 Å². The lowest BCUT2D eigenvalue weighted by atomic mass is 10.1. The molecule has 2 aromatic rings. The smallest absolute Gasteiger partial charge is 0.274 e. The van der Waals surface area contributed by atoms with Gasteiger partial charge in [-0.1, -0.05) is 24.3 Å². The average Bonchev–Trinajstić information content (AvgIpc) is 2.43. The van der Waals surface area contributed by atoms with Crippen molar-refractivity contribution in [2.75, 3.05) is 5.32 Å². The van der Waals surface area contributed by atoms with Gasteiger partial charge in [0.15, 0.2) is 0 Å². The van der Waals surface area contributed by atoms with E-state index >= 15 is 0 Å². The van der Waals surface area contributed by atoms with Crippen molar-refractivity contribution in [3.05, 3.63) is 67.1 Å². The van der Waals surface area contributed by atoms with Crippen molar-refractivity contribution in [1.29, 1.82) is 0 Å². The molecule has 0 aliphatic carbocycles. The molecule has 2 aromatic carbocycles. The van der Waals surface area contributed by atoms with Crippen LogP contribution in [-0.2, 0) is 0 Å². The molecule has 0 heterocycles. The van der Waals surface area contributed by atoms with Crippen molar-refractivity contribution in [2.24, 2.45) is 0 Å². The van der Waals surface area contributed by atoms with Crippen molar-refractivity contribution in [1.82, 2.24) is 0 Å². The fourth-order valence-electron chi connectivity index (χ4n) is 1.95. The lowest BCUT2D eigenvalue weighted by molar-refractivity contribution is -0.385. The summed E-state index contributed by atoms with van der Waals surface area (Å²) >= 11 is 6.94. The number of benzene rings is 2. The molecule has 0 spiro atoms.